The summed E-state index contributed by atoms with van der Waals surface area (Å²) in [5.41, 5.74) is 4.56. The van der Waals surface area contributed by atoms with E-state index in [0.29, 0.717) is 0 Å². The maximum Gasteiger partial charge on any atom is 0.109 e. The molecule has 0 bridgehead atoms. The third kappa shape index (κ3) is 4.95. The molecule has 1 nitrogen and oxygen atoms in total. The van der Waals surface area contributed by atoms with Gasteiger partial charge in [0.25, 0.3) is 0 Å². The summed E-state index contributed by atoms with van der Waals surface area (Å²) in [6, 6.07) is 61.0. The van der Waals surface area contributed by atoms with Crippen LogP contribution in [0.5, 0.6) is 0 Å². The van der Waals surface area contributed by atoms with Crippen molar-refractivity contribution < 1.29 is 4.74 Å². The Morgan fingerprint density at radius 1 is 0.256 bits per heavy atom. The van der Waals surface area contributed by atoms with Crippen LogP contribution in [0, 0.1) is 0 Å². The molecule has 0 saturated carbocycles. The van der Waals surface area contributed by atoms with Gasteiger partial charge >= 0.3 is 0 Å². The van der Waals surface area contributed by atoms with Gasteiger partial charge in [0.2, 0.25) is 0 Å². The van der Waals surface area contributed by atoms with E-state index in [1.165, 1.54) is 43.1 Å². The summed E-state index contributed by atoms with van der Waals surface area (Å²) in [4.78, 5) is 0. The minimum Gasteiger partial charge on any atom is -0.356 e. The van der Waals surface area contributed by atoms with Crippen molar-refractivity contribution in [1.29, 1.82) is 0 Å². The van der Waals surface area contributed by atoms with E-state index in [2.05, 4.69) is 170 Å². The molecule has 8 rings (SSSR count). The fourth-order valence-corrected chi connectivity index (χ4v) is 6.32. The Morgan fingerprint density at radius 3 is 0.744 bits per heavy atom. The first-order valence-corrected chi connectivity index (χ1v) is 14.9. The van der Waals surface area contributed by atoms with Crippen molar-refractivity contribution in [3.8, 4) is 0 Å². The lowest BCUT2D eigenvalue weighted by Gasteiger charge is -2.28. The molecular formula is C42H30O. The van der Waals surface area contributed by atoms with E-state index >= 15 is 0 Å². The number of fused-ring (bicyclic) bond motifs is 4. The van der Waals surface area contributed by atoms with Crippen LogP contribution in [0.25, 0.3) is 43.1 Å². The molecule has 0 aliphatic heterocycles. The van der Waals surface area contributed by atoms with Crippen LogP contribution >= 0.6 is 0 Å². The topological polar surface area (TPSA) is 9.23 Å². The van der Waals surface area contributed by atoms with Crippen molar-refractivity contribution in [1.82, 2.24) is 0 Å². The molecule has 1 heteroatoms. The van der Waals surface area contributed by atoms with E-state index < -0.39 is 0 Å². The zero-order valence-corrected chi connectivity index (χ0v) is 23.7. The Hall–Kier alpha value is -5.24. The largest absolute Gasteiger partial charge is 0.356 e. The summed E-state index contributed by atoms with van der Waals surface area (Å²) < 4.78 is 7.39. The van der Waals surface area contributed by atoms with Crippen molar-refractivity contribution in [2.24, 2.45) is 0 Å². The quantitative estimate of drug-likeness (QED) is 0.200. The van der Waals surface area contributed by atoms with Crippen molar-refractivity contribution in [2.45, 2.75) is 12.2 Å². The Morgan fingerprint density at radius 2 is 0.488 bits per heavy atom. The highest BCUT2D eigenvalue weighted by Crippen LogP contribution is 2.39. The molecule has 8 aromatic carbocycles. The second-order valence-electron chi connectivity index (χ2n) is 11.3. The summed E-state index contributed by atoms with van der Waals surface area (Å²) in [6.45, 7) is 0. The highest BCUT2D eigenvalue weighted by Gasteiger charge is 2.24. The van der Waals surface area contributed by atoms with Gasteiger partial charge in [-0.05, 0) is 89.6 Å². The Labute approximate surface area is 251 Å². The molecule has 0 heterocycles. The summed E-state index contributed by atoms with van der Waals surface area (Å²) in [6.07, 6.45) is -0.561. The first-order chi connectivity index (χ1) is 21.3. The molecule has 0 fully saturated rings. The van der Waals surface area contributed by atoms with Gasteiger partial charge in [0.15, 0.2) is 0 Å². The molecule has 204 valence electrons. The molecule has 0 aliphatic carbocycles. The number of hydrogen-bond donors (Lipinski definition) is 0. The van der Waals surface area contributed by atoms with Gasteiger partial charge in [-0.2, -0.15) is 0 Å². The average molecular weight is 551 g/mol. The standard InChI is InChI=1S/C42H30O/c1-5-13-33-25-37(21-17-29(33)9-1)41(38-22-18-30-10-2-6-14-34(30)26-38)43-42(39-23-19-31-11-3-7-15-35(31)27-39)40-24-20-32-12-4-8-16-36(32)28-40/h1-28,41-42H. The molecule has 0 saturated heterocycles. The zero-order chi connectivity index (χ0) is 28.6. The molecule has 0 atom stereocenters. The highest BCUT2D eigenvalue weighted by atomic mass is 16.5. The highest BCUT2D eigenvalue weighted by molar-refractivity contribution is 5.86. The van der Waals surface area contributed by atoms with Gasteiger partial charge in [0.05, 0.1) is 0 Å². The number of ether oxygens (including phenoxy) is 1. The van der Waals surface area contributed by atoms with Gasteiger partial charge in [0, 0.05) is 0 Å². The summed E-state index contributed by atoms with van der Waals surface area (Å²) in [7, 11) is 0. The Kier molecular flexibility index (Phi) is 6.44. The molecule has 0 radical (unpaired) electrons. The second-order valence-corrected chi connectivity index (χ2v) is 11.3. The van der Waals surface area contributed by atoms with Gasteiger partial charge in [-0.3, -0.25) is 0 Å². The van der Waals surface area contributed by atoms with E-state index in [1.807, 2.05) is 0 Å². The molecule has 0 spiro atoms. The van der Waals surface area contributed by atoms with Crippen LogP contribution in [0.15, 0.2) is 170 Å². The molecule has 43 heavy (non-hydrogen) atoms. The predicted molar refractivity (Wildman–Crippen MR) is 181 cm³/mol. The van der Waals surface area contributed by atoms with E-state index in [0.717, 1.165) is 22.3 Å². The van der Waals surface area contributed by atoms with Gasteiger partial charge in [0.1, 0.15) is 12.2 Å². The molecule has 0 N–H and O–H groups in total. The zero-order valence-electron chi connectivity index (χ0n) is 23.7. The normalized spacial score (nSPS) is 11.8. The molecular weight excluding hydrogens is 520 g/mol. The van der Waals surface area contributed by atoms with Crippen LogP contribution in [-0.4, -0.2) is 0 Å². The van der Waals surface area contributed by atoms with E-state index in [1.54, 1.807) is 0 Å². The van der Waals surface area contributed by atoms with Crippen LogP contribution in [0.1, 0.15) is 34.5 Å². The van der Waals surface area contributed by atoms with Crippen molar-refractivity contribution in [2.75, 3.05) is 0 Å². The summed E-state index contributed by atoms with van der Waals surface area (Å²) in [5.74, 6) is 0. The molecule has 0 aromatic heterocycles. The fraction of sp³-hybridized carbons (Fsp3) is 0.0476. The van der Waals surface area contributed by atoms with Crippen LogP contribution < -0.4 is 0 Å². The SMILES string of the molecule is c1ccc2cc(C(OC(c3ccc4ccccc4c3)c3ccc4ccccc4c3)c3ccc4ccccc4c3)ccc2c1. The molecule has 0 unspecified atom stereocenters. The van der Waals surface area contributed by atoms with Gasteiger partial charge in [-0.1, -0.05) is 146 Å². The monoisotopic (exact) mass is 550 g/mol. The third-order valence-electron chi connectivity index (χ3n) is 8.58. The predicted octanol–water partition coefficient (Wildman–Crippen LogP) is 11.2. The van der Waals surface area contributed by atoms with E-state index in [-0.39, 0.29) is 12.2 Å². The molecule has 0 aliphatic rings. The number of benzene rings is 8. The van der Waals surface area contributed by atoms with E-state index in [4.69, 9.17) is 4.74 Å². The molecule has 8 aromatic rings. The number of rotatable bonds is 6. The first-order valence-electron chi connectivity index (χ1n) is 14.9. The van der Waals surface area contributed by atoms with Crippen LogP contribution in [0.2, 0.25) is 0 Å². The average Bonchev–Trinajstić information content (AvgIpc) is 3.08. The second kappa shape index (κ2) is 10.9. The minimum atomic E-state index is -0.280. The molecule has 0 amide bonds. The number of hydrogen-bond acceptors (Lipinski definition) is 1. The lowest BCUT2D eigenvalue weighted by Crippen LogP contribution is -2.13. The van der Waals surface area contributed by atoms with Gasteiger partial charge < -0.3 is 4.74 Å². The van der Waals surface area contributed by atoms with Gasteiger partial charge in [-0.15, -0.1) is 0 Å². The smallest absolute Gasteiger partial charge is 0.109 e. The van der Waals surface area contributed by atoms with E-state index in [9.17, 15) is 0 Å². The first kappa shape index (κ1) is 25.5. The van der Waals surface area contributed by atoms with Crippen LogP contribution in [0.4, 0.5) is 0 Å². The third-order valence-corrected chi connectivity index (χ3v) is 8.58. The Bertz CT molecular complexity index is 1930. The summed E-state index contributed by atoms with van der Waals surface area (Å²) in [5, 5.41) is 9.75. The van der Waals surface area contributed by atoms with Crippen LogP contribution in [0.3, 0.4) is 0 Å². The van der Waals surface area contributed by atoms with Crippen molar-refractivity contribution in [3.63, 3.8) is 0 Å². The minimum absolute atomic E-state index is 0.280. The lowest BCUT2D eigenvalue weighted by atomic mass is 9.93. The van der Waals surface area contributed by atoms with Gasteiger partial charge in [-0.25, -0.2) is 0 Å². The van der Waals surface area contributed by atoms with Crippen molar-refractivity contribution in [3.05, 3.63) is 192 Å². The summed E-state index contributed by atoms with van der Waals surface area (Å²) >= 11 is 0. The maximum atomic E-state index is 7.39. The maximum absolute atomic E-state index is 7.39. The Balaban J connectivity index is 1.32. The van der Waals surface area contributed by atoms with Crippen LogP contribution in [-0.2, 0) is 4.74 Å². The fourth-order valence-electron chi connectivity index (χ4n) is 6.32. The van der Waals surface area contributed by atoms with Crippen molar-refractivity contribution >= 4 is 43.1 Å². The lowest BCUT2D eigenvalue weighted by molar-refractivity contribution is 0.0311.